The van der Waals surface area contributed by atoms with E-state index in [1.54, 1.807) is 0 Å². The van der Waals surface area contributed by atoms with Crippen LogP contribution < -0.4 is 5.32 Å². The normalized spacial score (nSPS) is 27.4. The maximum atomic E-state index is 10.9. The number of nitriles is 1. The number of sulfone groups is 1. The van der Waals surface area contributed by atoms with Crippen LogP contribution in [0, 0.1) is 17.2 Å². The first-order valence-electron chi connectivity index (χ1n) is 4.83. The van der Waals surface area contributed by atoms with E-state index < -0.39 is 9.84 Å². The SMILES string of the molecule is CS(=O)(=O)CCNC1CCCC1C#N. The quantitative estimate of drug-likeness (QED) is 0.734. The van der Waals surface area contributed by atoms with Crippen LogP contribution in [0.15, 0.2) is 0 Å². The van der Waals surface area contributed by atoms with Crippen molar-refractivity contribution in [2.24, 2.45) is 5.92 Å². The summed E-state index contributed by atoms with van der Waals surface area (Å²) >= 11 is 0. The molecule has 0 aromatic rings. The summed E-state index contributed by atoms with van der Waals surface area (Å²) in [4.78, 5) is 0. The molecule has 0 heterocycles. The fourth-order valence-electron chi connectivity index (χ4n) is 1.79. The van der Waals surface area contributed by atoms with E-state index in [2.05, 4.69) is 11.4 Å². The molecular formula is C9H16N2O2S. The predicted octanol–water partition coefficient (Wildman–Crippen LogP) is 0.313. The Hall–Kier alpha value is -0.600. The molecule has 0 aromatic carbocycles. The van der Waals surface area contributed by atoms with Crippen molar-refractivity contribution in [2.75, 3.05) is 18.6 Å². The van der Waals surface area contributed by atoms with Crippen LogP contribution in [0.25, 0.3) is 0 Å². The topological polar surface area (TPSA) is 70.0 Å². The van der Waals surface area contributed by atoms with Crippen LogP contribution in [0.3, 0.4) is 0 Å². The van der Waals surface area contributed by atoms with Crippen LogP contribution in [-0.4, -0.2) is 33.0 Å². The first-order valence-corrected chi connectivity index (χ1v) is 6.90. The fraction of sp³-hybridized carbons (Fsp3) is 0.889. The molecule has 2 atom stereocenters. The van der Waals surface area contributed by atoms with E-state index >= 15 is 0 Å². The average molecular weight is 216 g/mol. The van der Waals surface area contributed by atoms with Crippen LogP contribution in [-0.2, 0) is 9.84 Å². The lowest BCUT2D eigenvalue weighted by atomic mass is 10.1. The maximum Gasteiger partial charge on any atom is 0.148 e. The second-order valence-electron chi connectivity index (χ2n) is 3.86. The largest absolute Gasteiger partial charge is 0.312 e. The van der Waals surface area contributed by atoms with Crippen molar-refractivity contribution < 1.29 is 8.42 Å². The van der Waals surface area contributed by atoms with Gasteiger partial charge in [-0.25, -0.2) is 8.42 Å². The van der Waals surface area contributed by atoms with Gasteiger partial charge in [0.15, 0.2) is 0 Å². The van der Waals surface area contributed by atoms with E-state index in [0.717, 1.165) is 19.3 Å². The van der Waals surface area contributed by atoms with Crippen LogP contribution >= 0.6 is 0 Å². The monoisotopic (exact) mass is 216 g/mol. The third kappa shape index (κ3) is 3.64. The highest BCUT2D eigenvalue weighted by molar-refractivity contribution is 7.90. The number of nitrogens with zero attached hydrogens (tertiary/aromatic N) is 1. The highest BCUT2D eigenvalue weighted by Gasteiger charge is 2.26. The van der Waals surface area contributed by atoms with Crippen molar-refractivity contribution in [2.45, 2.75) is 25.3 Å². The minimum absolute atomic E-state index is 0.0644. The van der Waals surface area contributed by atoms with Gasteiger partial charge in [-0.3, -0.25) is 0 Å². The van der Waals surface area contributed by atoms with Gasteiger partial charge in [-0.05, 0) is 12.8 Å². The van der Waals surface area contributed by atoms with E-state index in [9.17, 15) is 8.42 Å². The first-order chi connectivity index (χ1) is 6.53. The van der Waals surface area contributed by atoms with Crippen LogP contribution in [0.5, 0.6) is 0 Å². The lowest BCUT2D eigenvalue weighted by Crippen LogP contribution is -2.35. The summed E-state index contributed by atoms with van der Waals surface area (Å²) in [5.41, 5.74) is 0. The molecule has 0 aliphatic heterocycles. The Labute approximate surface area is 85.2 Å². The van der Waals surface area contributed by atoms with Crippen LogP contribution in [0.1, 0.15) is 19.3 Å². The van der Waals surface area contributed by atoms with Gasteiger partial charge in [0.2, 0.25) is 0 Å². The zero-order valence-electron chi connectivity index (χ0n) is 8.36. The highest BCUT2D eigenvalue weighted by atomic mass is 32.2. The molecule has 0 aromatic heterocycles. The molecule has 1 fully saturated rings. The summed E-state index contributed by atoms with van der Waals surface area (Å²) in [5.74, 6) is 0.219. The van der Waals surface area contributed by atoms with Gasteiger partial charge in [0.1, 0.15) is 9.84 Å². The van der Waals surface area contributed by atoms with E-state index in [4.69, 9.17) is 5.26 Å². The molecule has 5 heteroatoms. The van der Waals surface area contributed by atoms with E-state index in [-0.39, 0.29) is 17.7 Å². The van der Waals surface area contributed by atoms with Gasteiger partial charge in [-0.2, -0.15) is 5.26 Å². The summed E-state index contributed by atoms with van der Waals surface area (Å²) in [6.07, 6.45) is 4.22. The third-order valence-electron chi connectivity index (χ3n) is 2.56. The second-order valence-corrected chi connectivity index (χ2v) is 6.12. The number of nitrogens with one attached hydrogen (secondary N) is 1. The van der Waals surface area contributed by atoms with Crippen LogP contribution in [0.4, 0.5) is 0 Å². The van der Waals surface area contributed by atoms with Gasteiger partial charge in [-0.15, -0.1) is 0 Å². The minimum Gasteiger partial charge on any atom is -0.312 e. The van der Waals surface area contributed by atoms with Gasteiger partial charge in [0.05, 0.1) is 17.7 Å². The molecule has 80 valence electrons. The number of rotatable bonds is 4. The predicted molar refractivity (Wildman–Crippen MR) is 54.5 cm³/mol. The van der Waals surface area contributed by atoms with Gasteiger partial charge >= 0.3 is 0 Å². The van der Waals surface area contributed by atoms with Crippen molar-refractivity contribution in [3.63, 3.8) is 0 Å². The Balaban J connectivity index is 2.29. The fourth-order valence-corrected chi connectivity index (χ4v) is 2.28. The molecule has 0 bridgehead atoms. The van der Waals surface area contributed by atoms with Crippen molar-refractivity contribution in [1.82, 2.24) is 5.32 Å². The average Bonchev–Trinajstić information content (AvgIpc) is 2.49. The summed E-state index contributed by atoms with van der Waals surface area (Å²) in [6, 6.07) is 2.45. The van der Waals surface area contributed by atoms with Gasteiger partial charge in [0.25, 0.3) is 0 Å². The minimum atomic E-state index is -2.89. The molecule has 1 saturated carbocycles. The third-order valence-corrected chi connectivity index (χ3v) is 3.51. The molecule has 0 spiro atoms. The van der Waals surface area contributed by atoms with Crippen molar-refractivity contribution in [3.05, 3.63) is 0 Å². The molecule has 0 saturated heterocycles. The molecular weight excluding hydrogens is 200 g/mol. The Morgan fingerprint density at radius 2 is 2.21 bits per heavy atom. The molecule has 1 rings (SSSR count). The molecule has 2 unspecified atom stereocenters. The highest BCUT2D eigenvalue weighted by Crippen LogP contribution is 2.24. The molecule has 1 aliphatic rings. The van der Waals surface area contributed by atoms with E-state index in [0.29, 0.717) is 6.54 Å². The van der Waals surface area contributed by atoms with Crippen molar-refractivity contribution >= 4 is 9.84 Å². The summed E-state index contributed by atoms with van der Waals surface area (Å²) in [5, 5.41) is 11.9. The summed E-state index contributed by atoms with van der Waals surface area (Å²) in [6.45, 7) is 0.460. The summed E-state index contributed by atoms with van der Waals surface area (Å²) in [7, 11) is -2.89. The van der Waals surface area contributed by atoms with Gasteiger partial charge in [0, 0.05) is 18.8 Å². The molecule has 4 nitrogen and oxygen atoms in total. The Kier molecular flexibility index (Phi) is 3.90. The molecule has 0 amide bonds. The standard InChI is InChI=1S/C9H16N2O2S/c1-14(12,13)6-5-11-9-4-2-3-8(9)7-10/h8-9,11H,2-6H2,1H3. The number of hydrogen-bond acceptors (Lipinski definition) is 4. The first kappa shape index (κ1) is 11.5. The Morgan fingerprint density at radius 3 is 2.79 bits per heavy atom. The van der Waals surface area contributed by atoms with Gasteiger partial charge < -0.3 is 5.32 Å². The van der Waals surface area contributed by atoms with Crippen molar-refractivity contribution in [3.8, 4) is 6.07 Å². The maximum absolute atomic E-state index is 10.9. The van der Waals surface area contributed by atoms with Crippen LogP contribution in [0.2, 0.25) is 0 Å². The lowest BCUT2D eigenvalue weighted by Gasteiger charge is -2.14. The molecule has 1 N–H and O–H groups in total. The number of hydrogen-bond donors (Lipinski definition) is 1. The molecule has 0 radical (unpaired) electrons. The van der Waals surface area contributed by atoms with Gasteiger partial charge in [-0.1, -0.05) is 6.42 Å². The van der Waals surface area contributed by atoms with E-state index in [1.165, 1.54) is 6.26 Å². The van der Waals surface area contributed by atoms with Crippen molar-refractivity contribution in [1.29, 1.82) is 5.26 Å². The Morgan fingerprint density at radius 1 is 1.50 bits per heavy atom. The molecule has 1 aliphatic carbocycles. The Bertz CT molecular complexity index is 318. The van der Waals surface area contributed by atoms with E-state index in [1.807, 2.05) is 0 Å². The molecule has 14 heavy (non-hydrogen) atoms. The zero-order chi connectivity index (χ0) is 10.6. The zero-order valence-corrected chi connectivity index (χ0v) is 9.18. The summed E-state index contributed by atoms with van der Waals surface area (Å²) < 4.78 is 21.7. The second kappa shape index (κ2) is 4.76. The smallest absolute Gasteiger partial charge is 0.148 e. The lowest BCUT2D eigenvalue weighted by molar-refractivity contribution is 0.477.